The predicted octanol–water partition coefficient (Wildman–Crippen LogP) is 2.61. The number of hydrogen-bond acceptors (Lipinski definition) is 5. The second-order valence-electron chi connectivity index (χ2n) is 6.72. The van der Waals surface area contributed by atoms with Crippen LogP contribution in [0, 0.1) is 0 Å². The summed E-state index contributed by atoms with van der Waals surface area (Å²) in [5, 5.41) is 12.0. The van der Waals surface area contributed by atoms with Gasteiger partial charge in [0.2, 0.25) is 0 Å². The quantitative estimate of drug-likeness (QED) is 0.761. The van der Waals surface area contributed by atoms with E-state index >= 15 is 0 Å². The fraction of sp³-hybridized carbons (Fsp3) is 0.250. The number of carbonyl (C=O) groups is 1. The first kappa shape index (κ1) is 16.3. The Morgan fingerprint density at radius 1 is 1.12 bits per heavy atom. The minimum atomic E-state index is -0.270. The van der Waals surface area contributed by atoms with Crippen LogP contribution in [0.25, 0.3) is 10.9 Å². The molecule has 0 saturated carbocycles. The van der Waals surface area contributed by atoms with Crippen LogP contribution in [0.4, 0.5) is 11.4 Å². The maximum absolute atomic E-state index is 12.7. The molecule has 1 aromatic heterocycles. The van der Waals surface area contributed by atoms with Crippen LogP contribution in [0.2, 0.25) is 0 Å². The van der Waals surface area contributed by atoms with Gasteiger partial charge in [0.15, 0.2) is 5.69 Å². The van der Waals surface area contributed by atoms with Crippen molar-refractivity contribution >= 4 is 28.2 Å². The van der Waals surface area contributed by atoms with Crippen LogP contribution in [0.5, 0.6) is 0 Å². The monoisotopic (exact) mass is 347 g/mol. The van der Waals surface area contributed by atoms with E-state index < -0.39 is 0 Å². The number of fused-ring (bicyclic) bond motifs is 1. The molecular formula is C20H21N5O. The molecule has 1 aliphatic heterocycles. The van der Waals surface area contributed by atoms with Gasteiger partial charge in [-0.25, -0.2) is 0 Å². The SMILES string of the molecule is C[C@H]1C[C@@H](NC(=O)c2nnc3ccccc3c2N)CN1c1ccccc1. The number of carbonyl (C=O) groups excluding carboxylic acids is 1. The van der Waals surface area contributed by atoms with E-state index in [2.05, 4.69) is 39.5 Å². The van der Waals surface area contributed by atoms with Crippen molar-refractivity contribution in [3.63, 3.8) is 0 Å². The maximum atomic E-state index is 12.7. The Balaban J connectivity index is 1.51. The summed E-state index contributed by atoms with van der Waals surface area (Å²) in [6.45, 7) is 2.93. The summed E-state index contributed by atoms with van der Waals surface area (Å²) in [7, 11) is 0. The van der Waals surface area contributed by atoms with Gasteiger partial charge in [-0.15, -0.1) is 10.2 Å². The Kier molecular flexibility index (Phi) is 4.16. The van der Waals surface area contributed by atoms with Gasteiger partial charge in [0.1, 0.15) is 0 Å². The average Bonchev–Trinajstić information content (AvgIpc) is 3.03. The third-order valence-electron chi connectivity index (χ3n) is 4.92. The lowest BCUT2D eigenvalue weighted by atomic mass is 10.1. The van der Waals surface area contributed by atoms with E-state index in [0.717, 1.165) is 18.4 Å². The number of aromatic nitrogens is 2. The Labute approximate surface area is 152 Å². The summed E-state index contributed by atoms with van der Waals surface area (Å²) in [6, 6.07) is 18.1. The van der Waals surface area contributed by atoms with E-state index in [4.69, 9.17) is 5.73 Å². The van der Waals surface area contributed by atoms with Crippen LogP contribution >= 0.6 is 0 Å². The van der Waals surface area contributed by atoms with Crippen molar-refractivity contribution in [1.29, 1.82) is 0 Å². The second kappa shape index (κ2) is 6.63. The third kappa shape index (κ3) is 2.94. The minimum absolute atomic E-state index is 0.0466. The van der Waals surface area contributed by atoms with Crippen LogP contribution in [0.3, 0.4) is 0 Å². The largest absolute Gasteiger partial charge is 0.396 e. The molecule has 3 N–H and O–H groups in total. The van der Waals surface area contributed by atoms with Crippen molar-refractivity contribution in [2.75, 3.05) is 17.2 Å². The maximum Gasteiger partial charge on any atom is 0.274 e. The molecule has 1 aliphatic rings. The third-order valence-corrected chi connectivity index (χ3v) is 4.92. The molecular weight excluding hydrogens is 326 g/mol. The molecule has 0 spiro atoms. The standard InChI is InChI=1S/C20H21N5O/c1-13-11-14(12-25(13)15-7-3-2-4-8-15)22-20(26)19-18(21)16-9-5-6-10-17(16)23-24-19/h2-10,13-14H,11-12H2,1H3,(H2,21,23)(H,22,26)/t13-,14+/m0/s1. The lowest BCUT2D eigenvalue weighted by Gasteiger charge is -2.23. The fourth-order valence-electron chi connectivity index (χ4n) is 3.61. The second-order valence-corrected chi connectivity index (χ2v) is 6.72. The van der Waals surface area contributed by atoms with Gasteiger partial charge < -0.3 is 16.0 Å². The predicted molar refractivity (Wildman–Crippen MR) is 103 cm³/mol. The smallest absolute Gasteiger partial charge is 0.274 e. The van der Waals surface area contributed by atoms with Crippen molar-refractivity contribution in [2.24, 2.45) is 0 Å². The van der Waals surface area contributed by atoms with E-state index in [-0.39, 0.29) is 17.6 Å². The van der Waals surface area contributed by atoms with Gasteiger partial charge >= 0.3 is 0 Å². The van der Waals surface area contributed by atoms with Gasteiger partial charge in [0.05, 0.1) is 11.2 Å². The van der Waals surface area contributed by atoms with E-state index in [1.807, 2.05) is 42.5 Å². The van der Waals surface area contributed by atoms with E-state index in [1.54, 1.807) is 0 Å². The summed E-state index contributed by atoms with van der Waals surface area (Å²) in [4.78, 5) is 15.0. The topological polar surface area (TPSA) is 84.1 Å². The number of nitrogen functional groups attached to an aromatic ring is 1. The zero-order valence-electron chi connectivity index (χ0n) is 14.6. The summed E-state index contributed by atoms with van der Waals surface area (Å²) >= 11 is 0. The number of nitrogens with zero attached hydrogens (tertiary/aromatic N) is 3. The van der Waals surface area contributed by atoms with E-state index in [9.17, 15) is 4.79 Å². The Bertz CT molecular complexity index is 943. The van der Waals surface area contributed by atoms with Crippen molar-refractivity contribution in [3.05, 3.63) is 60.3 Å². The number of amides is 1. The highest BCUT2D eigenvalue weighted by molar-refractivity contribution is 6.04. The summed E-state index contributed by atoms with van der Waals surface area (Å²) < 4.78 is 0. The highest BCUT2D eigenvalue weighted by Crippen LogP contribution is 2.26. The number of rotatable bonds is 3. The molecule has 0 unspecified atom stereocenters. The minimum Gasteiger partial charge on any atom is -0.396 e. The lowest BCUT2D eigenvalue weighted by Crippen LogP contribution is -2.38. The van der Waals surface area contributed by atoms with E-state index in [0.29, 0.717) is 17.2 Å². The molecule has 2 aromatic carbocycles. The zero-order valence-corrected chi connectivity index (χ0v) is 14.6. The van der Waals surface area contributed by atoms with Gasteiger partial charge in [-0.05, 0) is 31.5 Å². The Morgan fingerprint density at radius 2 is 1.85 bits per heavy atom. The number of nitrogens with one attached hydrogen (secondary N) is 1. The van der Waals surface area contributed by atoms with Gasteiger partial charge in [-0.1, -0.05) is 36.4 Å². The normalized spacial score (nSPS) is 19.7. The van der Waals surface area contributed by atoms with Gasteiger partial charge in [0.25, 0.3) is 5.91 Å². The molecule has 1 amide bonds. The molecule has 3 aromatic rings. The van der Waals surface area contributed by atoms with Gasteiger partial charge in [0, 0.05) is 29.7 Å². The van der Waals surface area contributed by atoms with Crippen molar-refractivity contribution in [3.8, 4) is 0 Å². The molecule has 1 fully saturated rings. The average molecular weight is 347 g/mol. The molecule has 6 nitrogen and oxygen atoms in total. The summed E-state index contributed by atoms with van der Waals surface area (Å²) in [5.74, 6) is -0.270. The Hall–Kier alpha value is -3.15. The van der Waals surface area contributed by atoms with E-state index in [1.165, 1.54) is 5.69 Å². The molecule has 1 saturated heterocycles. The molecule has 132 valence electrons. The highest BCUT2D eigenvalue weighted by atomic mass is 16.2. The number of benzene rings is 2. The molecule has 6 heteroatoms. The molecule has 0 aliphatic carbocycles. The van der Waals surface area contributed by atoms with Crippen LogP contribution in [-0.4, -0.2) is 34.7 Å². The van der Waals surface area contributed by atoms with Crippen LogP contribution in [0.15, 0.2) is 54.6 Å². The lowest BCUT2D eigenvalue weighted by molar-refractivity contribution is 0.0935. The molecule has 4 rings (SSSR count). The van der Waals surface area contributed by atoms with Gasteiger partial charge in [-0.3, -0.25) is 4.79 Å². The molecule has 2 heterocycles. The Morgan fingerprint density at radius 3 is 2.65 bits per heavy atom. The first-order valence-electron chi connectivity index (χ1n) is 8.77. The van der Waals surface area contributed by atoms with Crippen LogP contribution in [-0.2, 0) is 0 Å². The molecule has 26 heavy (non-hydrogen) atoms. The van der Waals surface area contributed by atoms with Gasteiger partial charge in [-0.2, -0.15) is 0 Å². The molecule has 2 atom stereocenters. The molecule has 0 bridgehead atoms. The highest BCUT2D eigenvalue weighted by Gasteiger charge is 2.31. The van der Waals surface area contributed by atoms with Crippen molar-refractivity contribution in [2.45, 2.75) is 25.4 Å². The molecule has 0 radical (unpaired) electrons. The first-order valence-corrected chi connectivity index (χ1v) is 8.77. The number of para-hydroxylation sites is 1. The number of anilines is 2. The summed E-state index contributed by atoms with van der Waals surface area (Å²) in [5.41, 5.74) is 8.58. The van der Waals surface area contributed by atoms with Crippen LogP contribution < -0.4 is 16.0 Å². The van der Waals surface area contributed by atoms with Crippen molar-refractivity contribution < 1.29 is 4.79 Å². The van der Waals surface area contributed by atoms with Crippen molar-refractivity contribution in [1.82, 2.24) is 15.5 Å². The number of nitrogens with two attached hydrogens (primary N) is 1. The fourth-order valence-corrected chi connectivity index (χ4v) is 3.61. The summed E-state index contributed by atoms with van der Waals surface area (Å²) in [6.07, 6.45) is 0.877. The number of hydrogen-bond donors (Lipinski definition) is 2. The van der Waals surface area contributed by atoms with Crippen LogP contribution in [0.1, 0.15) is 23.8 Å². The zero-order chi connectivity index (χ0) is 18.1. The first-order chi connectivity index (χ1) is 12.6.